The lowest BCUT2D eigenvalue weighted by Gasteiger charge is -2.12. The zero-order valence-electron chi connectivity index (χ0n) is 13.4. The monoisotopic (exact) mass is 306 g/mol. The van der Waals surface area contributed by atoms with Crippen LogP contribution in [0.2, 0.25) is 0 Å². The summed E-state index contributed by atoms with van der Waals surface area (Å²) in [6, 6.07) is 18.4. The van der Waals surface area contributed by atoms with E-state index >= 15 is 0 Å². The van der Waals surface area contributed by atoms with Crippen molar-refractivity contribution in [1.82, 2.24) is 10.3 Å². The van der Waals surface area contributed by atoms with Gasteiger partial charge in [-0.1, -0.05) is 55.5 Å². The van der Waals surface area contributed by atoms with Crippen LogP contribution in [0.3, 0.4) is 0 Å². The normalized spacial score (nSPS) is 12.2. The number of hydrogen-bond donors (Lipinski definition) is 2. The van der Waals surface area contributed by atoms with Crippen LogP contribution in [0.4, 0.5) is 0 Å². The standard InChI is InChI=1S/C20H22N2O/c1-15(16-7-3-2-4-8-16)13-20(23)21-12-11-17-14-22-19-10-6-5-9-18(17)19/h2-10,14-15,22H,11-13H2,1H3,(H,21,23). The Kier molecular flexibility index (Phi) is 4.77. The third-order valence-corrected chi connectivity index (χ3v) is 4.25. The van der Waals surface area contributed by atoms with Crippen molar-refractivity contribution in [2.24, 2.45) is 0 Å². The summed E-state index contributed by atoms with van der Waals surface area (Å²) in [5, 5.41) is 4.27. The first-order chi connectivity index (χ1) is 11.2. The minimum Gasteiger partial charge on any atom is -0.361 e. The summed E-state index contributed by atoms with van der Waals surface area (Å²) in [7, 11) is 0. The number of fused-ring (bicyclic) bond motifs is 1. The SMILES string of the molecule is CC(CC(=O)NCCc1c[nH]c2ccccc12)c1ccccc1. The van der Waals surface area contributed by atoms with Crippen molar-refractivity contribution in [2.75, 3.05) is 6.54 Å². The van der Waals surface area contributed by atoms with Crippen LogP contribution < -0.4 is 5.32 Å². The predicted octanol–water partition coefficient (Wildman–Crippen LogP) is 4.02. The lowest BCUT2D eigenvalue weighted by molar-refractivity contribution is -0.121. The highest BCUT2D eigenvalue weighted by Crippen LogP contribution is 2.19. The molecule has 0 fully saturated rings. The molecule has 2 aromatic carbocycles. The van der Waals surface area contributed by atoms with Crippen LogP contribution in [0.1, 0.15) is 30.4 Å². The van der Waals surface area contributed by atoms with E-state index in [4.69, 9.17) is 0 Å². The van der Waals surface area contributed by atoms with Gasteiger partial charge in [-0.3, -0.25) is 4.79 Å². The molecule has 1 heterocycles. The molecule has 0 radical (unpaired) electrons. The van der Waals surface area contributed by atoms with Crippen LogP contribution in [0, 0.1) is 0 Å². The van der Waals surface area contributed by atoms with Gasteiger partial charge in [0.2, 0.25) is 5.91 Å². The Morgan fingerprint density at radius 2 is 1.83 bits per heavy atom. The quantitative estimate of drug-likeness (QED) is 0.710. The van der Waals surface area contributed by atoms with E-state index in [-0.39, 0.29) is 11.8 Å². The zero-order valence-corrected chi connectivity index (χ0v) is 13.4. The van der Waals surface area contributed by atoms with Gasteiger partial charge in [-0.25, -0.2) is 0 Å². The molecule has 0 spiro atoms. The second-order valence-electron chi connectivity index (χ2n) is 5.98. The topological polar surface area (TPSA) is 44.9 Å². The number of amides is 1. The van der Waals surface area contributed by atoms with Gasteiger partial charge in [0.1, 0.15) is 0 Å². The lowest BCUT2D eigenvalue weighted by Crippen LogP contribution is -2.26. The maximum Gasteiger partial charge on any atom is 0.220 e. The second-order valence-corrected chi connectivity index (χ2v) is 5.98. The van der Waals surface area contributed by atoms with E-state index in [0.29, 0.717) is 13.0 Å². The summed E-state index contributed by atoms with van der Waals surface area (Å²) in [4.78, 5) is 15.4. The fourth-order valence-electron chi connectivity index (χ4n) is 2.92. The molecule has 3 rings (SSSR count). The van der Waals surface area contributed by atoms with Crippen LogP contribution in [0.15, 0.2) is 60.8 Å². The van der Waals surface area contributed by atoms with Gasteiger partial charge >= 0.3 is 0 Å². The first-order valence-electron chi connectivity index (χ1n) is 8.10. The number of H-pyrrole nitrogens is 1. The van der Waals surface area contributed by atoms with Crippen molar-refractivity contribution in [3.63, 3.8) is 0 Å². The van der Waals surface area contributed by atoms with Crippen LogP contribution >= 0.6 is 0 Å². The smallest absolute Gasteiger partial charge is 0.220 e. The minimum atomic E-state index is 0.112. The summed E-state index contributed by atoms with van der Waals surface area (Å²) in [5.74, 6) is 0.352. The summed E-state index contributed by atoms with van der Waals surface area (Å²) in [5.41, 5.74) is 3.60. The zero-order chi connectivity index (χ0) is 16.1. The fraction of sp³-hybridized carbons (Fsp3) is 0.250. The number of aromatic amines is 1. The Morgan fingerprint density at radius 1 is 1.09 bits per heavy atom. The fourth-order valence-corrected chi connectivity index (χ4v) is 2.92. The average Bonchev–Trinajstić information content (AvgIpc) is 2.99. The molecule has 3 heteroatoms. The molecule has 1 atom stereocenters. The summed E-state index contributed by atoms with van der Waals surface area (Å²) >= 11 is 0. The second kappa shape index (κ2) is 7.14. The first-order valence-corrected chi connectivity index (χ1v) is 8.10. The number of hydrogen-bond acceptors (Lipinski definition) is 1. The molecule has 1 aromatic heterocycles. The number of rotatable bonds is 6. The van der Waals surface area contributed by atoms with Crippen molar-refractivity contribution in [3.05, 3.63) is 71.9 Å². The molecular weight excluding hydrogens is 284 g/mol. The Balaban J connectivity index is 1.50. The van der Waals surface area contributed by atoms with E-state index in [9.17, 15) is 4.79 Å². The van der Waals surface area contributed by atoms with E-state index in [1.54, 1.807) is 0 Å². The van der Waals surface area contributed by atoms with Gasteiger partial charge in [-0.2, -0.15) is 0 Å². The molecule has 118 valence electrons. The molecule has 0 aliphatic carbocycles. The van der Waals surface area contributed by atoms with Crippen LogP contribution in [-0.4, -0.2) is 17.4 Å². The highest BCUT2D eigenvalue weighted by Gasteiger charge is 2.11. The third-order valence-electron chi connectivity index (χ3n) is 4.25. The Bertz CT molecular complexity index is 776. The molecule has 0 aliphatic rings. The molecule has 0 saturated heterocycles. The Hall–Kier alpha value is -2.55. The van der Waals surface area contributed by atoms with Gasteiger partial charge in [0, 0.05) is 30.1 Å². The molecule has 0 saturated carbocycles. The van der Waals surface area contributed by atoms with Gasteiger partial charge in [0.25, 0.3) is 0 Å². The average molecular weight is 306 g/mol. The summed E-state index contributed by atoms with van der Waals surface area (Å²) < 4.78 is 0. The number of carbonyl (C=O) groups is 1. The molecule has 23 heavy (non-hydrogen) atoms. The molecule has 0 bridgehead atoms. The first kappa shape index (κ1) is 15.3. The van der Waals surface area contributed by atoms with Gasteiger partial charge in [0.05, 0.1) is 0 Å². The van der Waals surface area contributed by atoms with Gasteiger partial charge in [-0.05, 0) is 29.5 Å². The molecule has 0 aliphatic heterocycles. The van der Waals surface area contributed by atoms with E-state index in [2.05, 4.69) is 41.5 Å². The maximum atomic E-state index is 12.1. The summed E-state index contributed by atoms with van der Waals surface area (Å²) in [6.07, 6.45) is 3.40. The molecule has 3 aromatic rings. The van der Waals surface area contributed by atoms with Gasteiger partial charge in [-0.15, -0.1) is 0 Å². The van der Waals surface area contributed by atoms with Gasteiger partial charge < -0.3 is 10.3 Å². The Labute approximate surface area is 136 Å². The highest BCUT2D eigenvalue weighted by atomic mass is 16.1. The van der Waals surface area contributed by atoms with Crippen molar-refractivity contribution >= 4 is 16.8 Å². The summed E-state index contributed by atoms with van der Waals surface area (Å²) in [6.45, 7) is 2.76. The number of benzene rings is 2. The molecule has 1 amide bonds. The van der Waals surface area contributed by atoms with Crippen molar-refractivity contribution in [1.29, 1.82) is 0 Å². The molecular formula is C20H22N2O. The van der Waals surface area contributed by atoms with Crippen LogP contribution in [0.25, 0.3) is 10.9 Å². The van der Waals surface area contributed by atoms with E-state index < -0.39 is 0 Å². The maximum absolute atomic E-state index is 12.1. The number of nitrogens with one attached hydrogen (secondary N) is 2. The number of para-hydroxylation sites is 1. The lowest BCUT2D eigenvalue weighted by atomic mass is 9.97. The van der Waals surface area contributed by atoms with Crippen molar-refractivity contribution in [2.45, 2.75) is 25.7 Å². The van der Waals surface area contributed by atoms with E-state index in [1.165, 1.54) is 16.5 Å². The minimum absolute atomic E-state index is 0.112. The molecule has 3 nitrogen and oxygen atoms in total. The third kappa shape index (κ3) is 3.81. The molecule has 2 N–H and O–H groups in total. The predicted molar refractivity (Wildman–Crippen MR) is 94.5 cm³/mol. The Morgan fingerprint density at radius 3 is 2.65 bits per heavy atom. The van der Waals surface area contributed by atoms with Crippen LogP contribution in [0.5, 0.6) is 0 Å². The van der Waals surface area contributed by atoms with Crippen molar-refractivity contribution < 1.29 is 4.79 Å². The highest BCUT2D eigenvalue weighted by molar-refractivity contribution is 5.83. The van der Waals surface area contributed by atoms with Gasteiger partial charge in [0.15, 0.2) is 0 Å². The largest absolute Gasteiger partial charge is 0.361 e. The van der Waals surface area contributed by atoms with E-state index in [1.807, 2.05) is 36.5 Å². The van der Waals surface area contributed by atoms with E-state index in [0.717, 1.165) is 11.9 Å². The number of carbonyl (C=O) groups excluding carboxylic acids is 1. The van der Waals surface area contributed by atoms with Crippen LogP contribution in [-0.2, 0) is 11.2 Å². The molecule has 1 unspecified atom stereocenters. The number of aromatic nitrogens is 1. The van der Waals surface area contributed by atoms with Crippen molar-refractivity contribution in [3.8, 4) is 0 Å².